The highest BCUT2D eigenvalue weighted by atomic mass is 32.2. The number of sulfonamides is 1. The number of urea groups is 1. The predicted octanol–water partition coefficient (Wildman–Crippen LogP) is 3.28. The number of fused-ring (bicyclic) bond motifs is 2. The molecule has 2 N–H and O–H groups in total. The number of nitrogens with zero attached hydrogens (tertiary/aromatic N) is 1. The van der Waals surface area contributed by atoms with Crippen molar-refractivity contribution in [1.29, 1.82) is 0 Å². The van der Waals surface area contributed by atoms with Gasteiger partial charge in [0.1, 0.15) is 0 Å². The number of carbonyl (C=O) groups is 1. The van der Waals surface area contributed by atoms with Gasteiger partial charge in [-0.2, -0.15) is 0 Å². The Morgan fingerprint density at radius 3 is 2.48 bits per heavy atom. The van der Waals surface area contributed by atoms with Gasteiger partial charge in [-0.3, -0.25) is 4.90 Å². The number of benzene rings is 1. The number of likely N-dealkylation sites (tertiary alicyclic amines) is 1. The minimum atomic E-state index is -3.85. The molecule has 1 aromatic rings. The van der Waals surface area contributed by atoms with Crippen LogP contribution in [0, 0.1) is 0 Å². The second kappa shape index (κ2) is 8.32. The number of rotatable bonds is 6. The fourth-order valence-corrected chi connectivity index (χ4v) is 5.69. The molecular formula is C22H29N3O3S. The molecule has 1 aliphatic heterocycles. The summed E-state index contributed by atoms with van der Waals surface area (Å²) in [7, 11) is -3.85. The van der Waals surface area contributed by atoms with E-state index in [0.717, 1.165) is 75.6 Å². The first-order valence-electron chi connectivity index (χ1n) is 10.5. The molecule has 3 aliphatic rings. The van der Waals surface area contributed by atoms with Gasteiger partial charge in [-0.15, -0.1) is 6.58 Å². The third kappa shape index (κ3) is 4.41. The summed E-state index contributed by atoms with van der Waals surface area (Å²) in [5.41, 5.74) is 5.80. The van der Waals surface area contributed by atoms with Crippen LogP contribution in [0.1, 0.15) is 47.9 Å². The maximum atomic E-state index is 12.5. The van der Waals surface area contributed by atoms with Crippen LogP contribution in [0.3, 0.4) is 0 Å². The van der Waals surface area contributed by atoms with Crippen molar-refractivity contribution >= 4 is 21.7 Å². The molecule has 2 aliphatic carbocycles. The summed E-state index contributed by atoms with van der Waals surface area (Å²) in [6.45, 7) is 5.41. The monoisotopic (exact) mass is 415 g/mol. The van der Waals surface area contributed by atoms with Crippen LogP contribution in [0.4, 0.5) is 10.5 Å². The number of aryl methyl sites for hydroxylation is 2. The first kappa shape index (κ1) is 20.2. The molecular weight excluding hydrogens is 386 g/mol. The summed E-state index contributed by atoms with van der Waals surface area (Å²) >= 11 is 0. The molecule has 2 amide bonds. The van der Waals surface area contributed by atoms with E-state index < -0.39 is 16.1 Å². The van der Waals surface area contributed by atoms with E-state index in [4.69, 9.17) is 0 Å². The fourth-order valence-electron chi connectivity index (χ4n) is 4.93. The number of carbonyl (C=O) groups excluding carboxylic acids is 1. The predicted molar refractivity (Wildman–Crippen MR) is 115 cm³/mol. The van der Waals surface area contributed by atoms with E-state index in [1.807, 2.05) is 6.08 Å². The van der Waals surface area contributed by atoms with Gasteiger partial charge < -0.3 is 5.32 Å². The lowest BCUT2D eigenvalue weighted by Gasteiger charge is -2.19. The zero-order chi connectivity index (χ0) is 20.4. The molecule has 0 saturated carbocycles. The first-order valence-corrected chi connectivity index (χ1v) is 12.0. The van der Waals surface area contributed by atoms with Crippen molar-refractivity contribution in [3.8, 4) is 0 Å². The van der Waals surface area contributed by atoms with Crippen LogP contribution in [-0.4, -0.2) is 38.5 Å². The SMILES string of the molecule is C=CCN1CCC[C@H]1/C=C/S(=O)(=O)NC(=O)Nc1c2c(cc3c1CCC3)CCC2. The first-order chi connectivity index (χ1) is 14.0. The van der Waals surface area contributed by atoms with E-state index >= 15 is 0 Å². The Balaban J connectivity index is 1.45. The molecule has 6 nitrogen and oxygen atoms in total. The molecule has 1 fully saturated rings. The molecule has 1 saturated heterocycles. The van der Waals surface area contributed by atoms with Crippen molar-refractivity contribution in [3.63, 3.8) is 0 Å². The van der Waals surface area contributed by atoms with Gasteiger partial charge in [-0.1, -0.05) is 18.2 Å². The van der Waals surface area contributed by atoms with Crippen LogP contribution < -0.4 is 10.0 Å². The molecule has 0 spiro atoms. The molecule has 0 aromatic heterocycles. The molecule has 7 heteroatoms. The van der Waals surface area contributed by atoms with Crippen molar-refractivity contribution in [3.05, 3.63) is 52.5 Å². The van der Waals surface area contributed by atoms with Crippen LogP contribution in [0.5, 0.6) is 0 Å². The van der Waals surface area contributed by atoms with Crippen LogP contribution in [0.25, 0.3) is 0 Å². The normalized spacial score (nSPS) is 21.3. The number of hydrogen-bond donors (Lipinski definition) is 2. The van der Waals surface area contributed by atoms with E-state index in [1.165, 1.54) is 22.3 Å². The van der Waals surface area contributed by atoms with E-state index in [9.17, 15) is 13.2 Å². The summed E-state index contributed by atoms with van der Waals surface area (Å²) in [5, 5.41) is 3.99. The Bertz CT molecular complexity index is 920. The van der Waals surface area contributed by atoms with Gasteiger partial charge in [0.15, 0.2) is 0 Å². The van der Waals surface area contributed by atoms with Crippen LogP contribution in [0.15, 0.2) is 30.2 Å². The van der Waals surface area contributed by atoms with Crippen molar-refractivity contribution in [1.82, 2.24) is 9.62 Å². The van der Waals surface area contributed by atoms with Gasteiger partial charge >= 0.3 is 6.03 Å². The number of anilines is 1. The Labute approximate surface area is 173 Å². The molecule has 0 radical (unpaired) electrons. The summed E-state index contributed by atoms with van der Waals surface area (Å²) in [5.74, 6) is 0. The van der Waals surface area contributed by atoms with E-state index in [-0.39, 0.29) is 6.04 Å². The van der Waals surface area contributed by atoms with Gasteiger partial charge in [0.2, 0.25) is 0 Å². The zero-order valence-corrected chi connectivity index (χ0v) is 17.6. The maximum Gasteiger partial charge on any atom is 0.333 e. The summed E-state index contributed by atoms with van der Waals surface area (Å²) in [6.07, 6.45) is 11.5. The van der Waals surface area contributed by atoms with Crippen molar-refractivity contribution in [2.75, 3.05) is 18.4 Å². The third-order valence-corrected chi connectivity index (χ3v) is 7.19. The maximum absolute atomic E-state index is 12.5. The molecule has 0 unspecified atom stereocenters. The lowest BCUT2D eigenvalue weighted by molar-refractivity contribution is 0.256. The molecule has 1 aromatic carbocycles. The smallest absolute Gasteiger partial charge is 0.307 e. The minimum Gasteiger partial charge on any atom is -0.307 e. The lowest BCUT2D eigenvalue weighted by atomic mass is 9.99. The second-order valence-corrected chi connectivity index (χ2v) is 9.72. The molecule has 156 valence electrons. The number of nitrogens with one attached hydrogen (secondary N) is 2. The summed E-state index contributed by atoms with van der Waals surface area (Å²) in [4.78, 5) is 14.7. The molecule has 0 bridgehead atoms. The zero-order valence-electron chi connectivity index (χ0n) is 16.7. The van der Waals surface area contributed by atoms with Crippen molar-refractivity contribution in [2.45, 2.75) is 57.4 Å². The molecule has 4 rings (SSSR count). The largest absolute Gasteiger partial charge is 0.333 e. The lowest BCUT2D eigenvalue weighted by Crippen LogP contribution is -2.34. The Kier molecular flexibility index (Phi) is 5.79. The minimum absolute atomic E-state index is 0.0632. The van der Waals surface area contributed by atoms with Crippen molar-refractivity contribution < 1.29 is 13.2 Å². The van der Waals surface area contributed by atoms with Crippen LogP contribution in [-0.2, 0) is 35.7 Å². The molecule has 29 heavy (non-hydrogen) atoms. The highest BCUT2D eigenvalue weighted by molar-refractivity contribution is 7.92. The van der Waals surface area contributed by atoms with Crippen molar-refractivity contribution in [2.24, 2.45) is 0 Å². The number of hydrogen-bond acceptors (Lipinski definition) is 4. The topological polar surface area (TPSA) is 78.5 Å². The average molecular weight is 416 g/mol. The second-order valence-electron chi connectivity index (χ2n) is 8.16. The van der Waals surface area contributed by atoms with Crippen LogP contribution >= 0.6 is 0 Å². The third-order valence-electron chi connectivity index (χ3n) is 6.20. The van der Waals surface area contributed by atoms with Gasteiger partial charge in [0.05, 0.1) is 0 Å². The molecule has 1 heterocycles. The standard InChI is InChI=1S/C22H29N3O3S/c1-2-12-25-13-5-8-18(25)11-14-29(27,28)24-22(26)23-21-19-9-3-6-16(19)15-17-7-4-10-20(17)21/h2,11,14-15,18H,1,3-10,12-13H2,(H2,23,24,26)/b14-11+/t18-/m0/s1. The quantitative estimate of drug-likeness (QED) is 0.699. The van der Waals surface area contributed by atoms with E-state index in [2.05, 4.69) is 27.6 Å². The fraction of sp³-hybridized carbons (Fsp3) is 0.500. The average Bonchev–Trinajstić information content (AvgIpc) is 3.40. The highest BCUT2D eigenvalue weighted by Crippen LogP contribution is 2.38. The Morgan fingerprint density at radius 2 is 1.83 bits per heavy atom. The highest BCUT2D eigenvalue weighted by Gasteiger charge is 2.26. The van der Waals surface area contributed by atoms with Gasteiger partial charge in [-0.25, -0.2) is 17.9 Å². The molecule has 1 atom stereocenters. The van der Waals surface area contributed by atoms with E-state index in [1.54, 1.807) is 6.08 Å². The number of amides is 2. The van der Waals surface area contributed by atoms with Crippen LogP contribution in [0.2, 0.25) is 0 Å². The summed E-state index contributed by atoms with van der Waals surface area (Å²) < 4.78 is 27.0. The Morgan fingerprint density at radius 1 is 1.14 bits per heavy atom. The van der Waals surface area contributed by atoms with Gasteiger partial charge in [0, 0.05) is 23.7 Å². The Hall–Kier alpha value is -2.12. The summed E-state index contributed by atoms with van der Waals surface area (Å²) in [6, 6.07) is 1.66. The van der Waals surface area contributed by atoms with Gasteiger partial charge in [-0.05, 0) is 80.2 Å². The van der Waals surface area contributed by atoms with E-state index in [0.29, 0.717) is 0 Å². The van der Waals surface area contributed by atoms with Gasteiger partial charge in [0.25, 0.3) is 10.0 Å².